The number of halogens is 1. The van der Waals surface area contributed by atoms with Gasteiger partial charge in [-0.2, -0.15) is 0 Å². The average molecular weight is 350 g/mol. The minimum absolute atomic E-state index is 0.119. The van der Waals surface area contributed by atoms with E-state index in [0.29, 0.717) is 0 Å². The van der Waals surface area contributed by atoms with Crippen molar-refractivity contribution in [2.24, 2.45) is 0 Å². The highest BCUT2D eigenvalue weighted by Crippen LogP contribution is 2.29. The molecule has 0 radical (unpaired) electrons. The maximum atomic E-state index is 11.6. The number of alkyl halides is 1. The smallest absolute Gasteiger partial charge is 0.311 e. The van der Waals surface area contributed by atoms with E-state index in [4.69, 9.17) is 4.74 Å². The molecular weight excluding hydrogens is 338 g/mol. The zero-order valence-corrected chi connectivity index (χ0v) is 12.6. The first-order valence-corrected chi connectivity index (χ1v) is 7.28. The summed E-state index contributed by atoms with van der Waals surface area (Å²) in [6.07, 6.45) is 0. The molecule has 0 spiro atoms. The van der Waals surface area contributed by atoms with Gasteiger partial charge in [-0.1, -0.05) is 46.3 Å². The van der Waals surface area contributed by atoms with E-state index >= 15 is 0 Å². The van der Waals surface area contributed by atoms with Crippen LogP contribution < -0.4 is 4.74 Å². The van der Waals surface area contributed by atoms with Crippen LogP contribution in [0.25, 0.3) is 0 Å². The van der Waals surface area contributed by atoms with Gasteiger partial charge in [0.05, 0.1) is 10.3 Å². The third-order valence-corrected chi connectivity index (χ3v) is 3.35. The summed E-state index contributed by atoms with van der Waals surface area (Å²) < 4.78 is 5.49. The molecule has 0 bridgehead atoms. The van der Waals surface area contributed by atoms with Crippen LogP contribution in [0.2, 0.25) is 0 Å². The number of hydrogen-bond donors (Lipinski definition) is 0. The van der Waals surface area contributed by atoms with E-state index in [-0.39, 0.29) is 34.7 Å². The highest BCUT2D eigenvalue weighted by Gasteiger charge is 2.18. The standard InChI is InChI=1S/C15H12BrNO4/c16-9-14(18)12-6-7-15(13(8-12)17(19)20)21-10-11-4-2-1-3-5-11/h1-8H,9-10H2. The molecule has 108 valence electrons. The number of carbonyl (C=O) groups is 1. The SMILES string of the molecule is O=C(CBr)c1ccc(OCc2ccccc2)c([N+](=O)[O-])c1. The van der Waals surface area contributed by atoms with Gasteiger partial charge in [0, 0.05) is 11.6 Å². The number of carbonyl (C=O) groups excluding carboxylic acids is 1. The largest absolute Gasteiger partial charge is 0.482 e. The molecule has 0 unspecified atom stereocenters. The molecule has 0 aliphatic rings. The molecule has 0 fully saturated rings. The van der Waals surface area contributed by atoms with Crippen LogP contribution in [0, 0.1) is 10.1 Å². The lowest BCUT2D eigenvalue weighted by molar-refractivity contribution is -0.386. The lowest BCUT2D eigenvalue weighted by atomic mass is 10.1. The predicted octanol–water partition coefficient (Wildman–Crippen LogP) is 3.75. The Bertz CT molecular complexity index is 658. The highest BCUT2D eigenvalue weighted by molar-refractivity contribution is 9.09. The number of ether oxygens (including phenoxy) is 1. The van der Waals surface area contributed by atoms with E-state index in [9.17, 15) is 14.9 Å². The van der Waals surface area contributed by atoms with Gasteiger partial charge in [-0.05, 0) is 17.7 Å². The van der Waals surface area contributed by atoms with Crippen LogP contribution in [0.15, 0.2) is 48.5 Å². The van der Waals surface area contributed by atoms with Crippen molar-refractivity contribution in [2.45, 2.75) is 6.61 Å². The minimum Gasteiger partial charge on any atom is -0.482 e. The zero-order valence-electron chi connectivity index (χ0n) is 11.0. The van der Waals surface area contributed by atoms with Crippen molar-refractivity contribution < 1.29 is 14.5 Å². The van der Waals surface area contributed by atoms with Gasteiger partial charge in [0.25, 0.3) is 0 Å². The number of ketones is 1. The summed E-state index contributed by atoms with van der Waals surface area (Å²) in [5.41, 5.74) is 0.982. The fraction of sp³-hybridized carbons (Fsp3) is 0.133. The Morgan fingerprint density at radius 2 is 1.90 bits per heavy atom. The van der Waals surface area contributed by atoms with Gasteiger partial charge >= 0.3 is 5.69 Å². The van der Waals surface area contributed by atoms with E-state index in [2.05, 4.69) is 15.9 Å². The summed E-state index contributed by atoms with van der Waals surface area (Å²) in [5, 5.41) is 11.2. The average Bonchev–Trinajstić information content (AvgIpc) is 2.52. The van der Waals surface area contributed by atoms with E-state index in [0.717, 1.165) is 5.56 Å². The molecule has 0 saturated carbocycles. The number of benzene rings is 2. The summed E-state index contributed by atoms with van der Waals surface area (Å²) in [5.74, 6) is -0.0670. The second kappa shape index (κ2) is 6.99. The quantitative estimate of drug-likeness (QED) is 0.344. The lowest BCUT2D eigenvalue weighted by Gasteiger charge is -2.08. The van der Waals surface area contributed by atoms with Crippen LogP contribution in [0.5, 0.6) is 5.75 Å². The van der Waals surface area contributed by atoms with Crippen molar-refractivity contribution in [1.29, 1.82) is 0 Å². The molecule has 0 aliphatic heterocycles. The predicted molar refractivity (Wildman–Crippen MR) is 82.0 cm³/mol. The Balaban J connectivity index is 2.22. The van der Waals surface area contributed by atoms with Gasteiger partial charge in [0.2, 0.25) is 0 Å². The maximum absolute atomic E-state index is 11.6. The molecule has 6 heteroatoms. The first-order valence-electron chi connectivity index (χ1n) is 6.16. The van der Waals surface area contributed by atoms with Gasteiger partial charge in [-0.25, -0.2) is 0 Å². The molecule has 21 heavy (non-hydrogen) atoms. The zero-order chi connectivity index (χ0) is 15.2. The number of Topliss-reactive ketones (excluding diaryl/α,β-unsaturated/α-hetero) is 1. The maximum Gasteiger partial charge on any atom is 0.311 e. The number of nitro groups is 1. The third-order valence-electron chi connectivity index (χ3n) is 2.84. The van der Waals surface area contributed by atoms with Crippen LogP contribution in [0.1, 0.15) is 15.9 Å². The lowest BCUT2D eigenvalue weighted by Crippen LogP contribution is -2.03. The Morgan fingerprint density at radius 3 is 2.52 bits per heavy atom. The first kappa shape index (κ1) is 15.2. The van der Waals surface area contributed by atoms with Crippen LogP contribution in [0.4, 0.5) is 5.69 Å². The molecule has 2 aromatic rings. The second-order valence-electron chi connectivity index (χ2n) is 4.27. The number of nitro benzene ring substituents is 1. The number of rotatable bonds is 6. The summed E-state index contributed by atoms with van der Waals surface area (Å²) >= 11 is 3.04. The summed E-state index contributed by atoms with van der Waals surface area (Å²) in [6, 6.07) is 13.6. The minimum atomic E-state index is -0.550. The molecule has 5 nitrogen and oxygen atoms in total. The Morgan fingerprint density at radius 1 is 1.19 bits per heavy atom. The fourth-order valence-electron chi connectivity index (χ4n) is 1.77. The molecule has 0 N–H and O–H groups in total. The van der Waals surface area contributed by atoms with E-state index < -0.39 is 4.92 Å². The number of nitrogens with zero attached hydrogens (tertiary/aromatic N) is 1. The van der Waals surface area contributed by atoms with Crippen LogP contribution in [-0.2, 0) is 6.61 Å². The number of hydrogen-bond acceptors (Lipinski definition) is 4. The second-order valence-corrected chi connectivity index (χ2v) is 4.83. The molecule has 0 aliphatic carbocycles. The first-order chi connectivity index (χ1) is 10.1. The van der Waals surface area contributed by atoms with Crippen LogP contribution in [0.3, 0.4) is 0 Å². The van der Waals surface area contributed by atoms with E-state index in [1.165, 1.54) is 18.2 Å². The van der Waals surface area contributed by atoms with Gasteiger partial charge in [-0.3, -0.25) is 14.9 Å². The van der Waals surface area contributed by atoms with Gasteiger partial charge in [-0.15, -0.1) is 0 Å². The van der Waals surface area contributed by atoms with Crippen molar-refractivity contribution >= 4 is 27.4 Å². The van der Waals surface area contributed by atoms with Gasteiger partial charge in [0.15, 0.2) is 11.5 Å². The topological polar surface area (TPSA) is 69.4 Å². The Kier molecular flexibility index (Phi) is 5.05. The molecule has 0 amide bonds. The molecule has 2 rings (SSSR count). The van der Waals surface area contributed by atoms with Crippen molar-refractivity contribution in [3.05, 3.63) is 69.8 Å². The highest BCUT2D eigenvalue weighted by atomic mass is 79.9. The molecule has 0 aromatic heterocycles. The normalized spacial score (nSPS) is 10.1. The van der Waals surface area contributed by atoms with Crippen molar-refractivity contribution in [2.75, 3.05) is 5.33 Å². The summed E-state index contributed by atoms with van der Waals surface area (Å²) in [4.78, 5) is 22.1. The summed E-state index contributed by atoms with van der Waals surface area (Å²) in [7, 11) is 0. The van der Waals surface area contributed by atoms with E-state index in [1.54, 1.807) is 0 Å². The molecule has 0 heterocycles. The van der Waals surface area contributed by atoms with Gasteiger partial charge < -0.3 is 4.74 Å². The molecule has 0 atom stereocenters. The van der Waals surface area contributed by atoms with Crippen molar-refractivity contribution in [1.82, 2.24) is 0 Å². The van der Waals surface area contributed by atoms with Crippen LogP contribution in [-0.4, -0.2) is 16.0 Å². The Labute approximate surface area is 129 Å². The summed E-state index contributed by atoms with van der Waals surface area (Å²) in [6.45, 7) is 0.230. The third kappa shape index (κ3) is 3.88. The molecular formula is C15H12BrNO4. The van der Waals surface area contributed by atoms with Crippen LogP contribution >= 0.6 is 15.9 Å². The van der Waals surface area contributed by atoms with E-state index in [1.807, 2.05) is 30.3 Å². The molecule has 0 saturated heterocycles. The Hall–Kier alpha value is -2.21. The molecule has 2 aromatic carbocycles. The van der Waals surface area contributed by atoms with Gasteiger partial charge in [0.1, 0.15) is 6.61 Å². The fourth-order valence-corrected chi connectivity index (χ4v) is 2.09. The van der Waals surface area contributed by atoms with Crippen molar-refractivity contribution in [3.63, 3.8) is 0 Å². The van der Waals surface area contributed by atoms with Crippen molar-refractivity contribution in [3.8, 4) is 5.75 Å². The monoisotopic (exact) mass is 349 g/mol.